The van der Waals surface area contributed by atoms with Crippen LogP contribution in [-0.2, 0) is 6.54 Å². The summed E-state index contributed by atoms with van der Waals surface area (Å²) in [6.07, 6.45) is 3.43. The molecule has 0 aliphatic rings. The van der Waals surface area contributed by atoms with Crippen LogP contribution in [0.2, 0.25) is 0 Å². The maximum Gasteiger partial charge on any atom is 0.223 e. The van der Waals surface area contributed by atoms with E-state index in [4.69, 9.17) is 4.74 Å². The molecule has 2 aromatic carbocycles. The zero-order chi connectivity index (χ0) is 19.3. The maximum atomic E-state index is 13.0. The minimum Gasteiger partial charge on any atom is -0.497 e. The van der Waals surface area contributed by atoms with Crippen LogP contribution in [-0.4, -0.2) is 22.1 Å². The average molecular weight is 375 g/mol. The number of pyridine rings is 1. The number of anilines is 3. The Hall–Kier alpha value is -3.74. The number of methoxy groups -OCH3 is 1. The SMILES string of the molecule is COc1ccc(Nc2nccc3nc(NCc4ccc(F)cc4)ncc23)cc1. The van der Waals surface area contributed by atoms with Gasteiger partial charge in [0, 0.05) is 24.6 Å². The summed E-state index contributed by atoms with van der Waals surface area (Å²) in [6, 6.07) is 15.7. The third kappa shape index (κ3) is 3.98. The number of hydrogen-bond donors (Lipinski definition) is 2. The van der Waals surface area contributed by atoms with Gasteiger partial charge >= 0.3 is 0 Å². The second-order valence-corrected chi connectivity index (χ2v) is 6.12. The van der Waals surface area contributed by atoms with Gasteiger partial charge in [-0.05, 0) is 48.0 Å². The Kier molecular flexibility index (Phi) is 4.97. The molecule has 0 radical (unpaired) electrons. The van der Waals surface area contributed by atoms with E-state index in [1.807, 2.05) is 30.3 Å². The Morgan fingerprint density at radius 3 is 2.50 bits per heavy atom. The van der Waals surface area contributed by atoms with Crippen LogP contribution in [0.25, 0.3) is 10.9 Å². The Labute approximate surface area is 161 Å². The number of nitrogens with one attached hydrogen (secondary N) is 2. The number of nitrogens with zero attached hydrogens (tertiary/aromatic N) is 3. The summed E-state index contributed by atoms with van der Waals surface area (Å²) in [5.74, 6) is 1.71. The van der Waals surface area contributed by atoms with Crippen molar-refractivity contribution in [2.75, 3.05) is 17.7 Å². The van der Waals surface area contributed by atoms with Gasteiger partial charge in [-0.3, -0.25) is 0 Å². The van der Waals surface area contributed by atoms with Crippen LogP contribution in [0.15, 0.2) is 67.0 Å². The predicted molar refractivity (Wildman–Crippen MR) is 107 cm³/mol. The fourth-order valence-electron chi connectivity index (χ4n) is 2.74. The summed E-state index contributed by atoms with van der Waals surface area (Å²) in [4.78, 5) is 13.3. The number of rotatable bonds is 6. The van der Waals surface area contributed by atoms with Crippen LogP contribution in [0.5, 0.6) is 5.75 Å². The molecule has 0 aliphatic carbocycles. The highest BCUT2D eigenvalue weighted by molar-refractivity contribution is 5.90. The van der Waals surface area contributed by atoms with Crippen molar-refractivity contribution < 1.29 is 9.13 Å². The number of halogens is 1. The second kappa shape index (κ2) is 7.87. The lowest BCUT2D eigenvalue weighted by atomic mass is 10.2. The lowest BCUT2D eigenvalue weighted by Crippen LogP contribution is -2.04. The van der Waals surface area contributed by atoms with E-state index in [0.29, 0.717) is 18.3 Å². The van der Waals surface area contributed by atoms with Gasteiger partial charge in [-0.2, -0.15) is 0 Å². The normalized spacial score (nSPS) is 10.6. The molecular formula is C21H18FN5O. The first-order chi connectivity index (χ1) is 13.7. The Bertz CT molecular complexity index is 1080. The van der Waals surface area contributed by atoms with Gasteiger partial charge < -0.3 is 15.4 Å². The molecule has 0 saturated carbocycles. The molecule has 0 amide bonds. The van der Waals surface area contributed by atoms with Crippen LogP contribution < -0.4 is 15.4 Å². The molecule has 0 bridgehead atoms. The minimum atomic E-state index is -0.255. The van der Waals surface area contributed by atoms with Crippen LogP contribution in [0.3, 0.4) is 0 Å². The van der Waals surface area contributed by atoms with Gasteiger partial charge in [-0.25, -0.2) is 19.3 Å². The van der Waals surface area contributed by atoms with Crippen molar-refractivity contribution >= 4 is 28.4 Å². The van der Waals surface area contributed by atoms with E-state index in [2.05, 4.69) is 25.6 Å². The summed E-state index contributed by atoms with van der Waals surface area (Å²) < 4.78 is 18.2. The molecule has 6 nitrogen and oxygen atoms in total. The first-order valence-electron chi connectivity index (χ1n) is 8.72. The summed E-state index contributed by atoms with van der Waals surface area (Å²) >= 11 is 0. The van der Waals surface area contributed by atoms with Crippen molar-refractivity contribution in [3.63, 3.8) is 0 Å². The van der Waals surface area contributed by atoms with E-state index in [1.54, 1.807) is 31.6 Å². The number of ether oxygens (including phenoxy) is 1. The number of benzene rings is 2. The smallest absolute Gasteiger partial charge is 0.223 e. The zero-order valence-corrected chi connectivity index (χ0v) is 15.2. The van der Waals surface area contributed by atoms with E-state index in [9.17, 15) is 4.39 Å². The molecule has 2 N–H and O–H groups in total. The lowest BCUT2D eigenvalue weighted by molar-refractivity contribution is 0.415. The van der Waals surface area contributed by atoms with Gasteiger partial charge in [-0.15, -0.1) is 0 Å². The van der Waals surface area contributed by atoms with Crippen LogP contribution in [0, 0.1) is 5.82 Å². The fraction of sp³-hybridized carbons (Fsp3) is 0.0952. The molecule has 0 atom stereocenters. The van der Waals surface area contributed by atoms with E-state index < -0.39 is 0 Å². The molecule has 2 aromatic heterocycles. The van der Waals surface area contributed by atoms with Crippen LogP contribution in [0.4, 0.5) is 21.8 Å². The van der Waals surface area contributed by atoms with Gasteiger partial charge in [0.05, 0.1) is 18.0 Å². The number of aromatic nitrogens is 3. The van der Waals surface area contributed by atoms with Crippen LogP contribution in [0.1, 0.15) is 5.56 Å². The summed E-state index contributed by atoms with van der Waals surface area (Å²) in [5, 5.41) is 7.24. The average Bonchev–Trinajstić information content (AvgIpc) is 2.74. The van der Waals surface area contributed by atoms with E-state index >= 15 is 0 Å². The molecule has 0 unspecified atom stereocenters. The second-order valence-electron chi connectivity index (χ2n) is 6.12. The van der Waals surface area contributed by atoms with Crippen molar-refractivity contribution in [3.05, 3.63) is 78.4 Å². The summed E-state index contributed by atoms with van der Waals surface area (Å²) in [5.41, 5.74) is 2.60. The molecule has 28 heavy (non-hydrogen) atoms. The summed E-state index contributed by atoms with van der Waals surface area (Å²) in [7, 11) is 1.63. The lowest BCUT2D eigenvalue weighted by Gasteiger charge is -2.10. The number of fused-ring (bicyclic) bond motifs is 1. The maximum absolute atomic E-state index is 13.0. The summed E-state index contributed by atoms with van der Waals surface area (Å²) in [6.45, 7) is 0.508. The first kappa shape index (κ1) is 17.7. The van der Waals surface area contributed by atoms with Crippen molar-refractivity contribution in [1.82, 2.24) is 15.0 Å². The standard InChI is InChI=1S/C21H18FN5O/c1-28-17-8-6-16(7-9-17)26-20-18-13-25-21(27-19(18)10-11-23-20)24-12-14-2-4-15(22)5-3-14/h2-11,13H,12H2,1H3,(H,23,26)(H,24,25,27). The highest BCUT2D eigenvalue weighted by atomic mass is 19.1. The molecular weight excluding hydrogens is 357 g/mol. The van der Waals surface area contributed by atoms with Crippen molar-refractivity contribution in [3.8, 4) is 5.75 Å². The van der Waals surface area contributed by atoms with Crippen molar-refractivity contribution in [1.29, 1.82) is 0 Å². The van der Waals surface area contributed by atoms with Crippen molar-refractivity contribution in [2.24, 2.45) is 0 Å². The molecule has 0 spiro atoms. The topological polar surface area (TPSA) is 72.0 Å². The molecule has 4 aromatic rings. The number of hydrogen-bond acceptors (Lipinski definition) is 6. The van der Waals surface area contributed by atoms with Crippen LogP contribution >= 0.6 is 0 Å². The van der Waals surface area contributed by atoms with Gasteiger partial charge in [0.15, 0.2) is 0 Å². The quantitative estimate of drug-likeness (QED) is 0.516. The molecule has 4 rings (SSSR count). The predicted octanol–water partition coefficient (Wildman–Crippen LogP) is 4.53. The molecule has 7 heteroatoms. The van der Waals surface area contributed by atoms with E-state index in [-0.39, 0.29) is 5.82 Å². The van der Waals surface area contributed by atoms with E-state index in [0.717, 1.165) is 27.9 Å². The minimum absolute atomic E-state index is 0.255. The fourth-order valence-corrected chi connectivity index (χ4v) is 2.74. The van der Waals surface area contributed by atoms with Gasteiger partial charge in [0.25, 0.3) is 0 Å². The molecule has 0 saturated heterocycles. The Balaban J connectivity index is 1.52. The molecule has 140 valence electrons. The Morgan fingerprint density at radius 1 is 0.964 bits per heavy atom. The molecule has 2 heterocycles. The third-order valence-corrected chi connectivity index (χ3v) is 4.23. The molecule has 0 aliphatic heterocycles. The highest BCUT2D eigenvalue weighted by Gasteiger charge is 2.07. The van der Waals surface area contributed by atoms with Crippen molar-refractivity contribution in [2.45, 2.75) is 6.54 Å². The Morgan fingerprint density at radius 2 is 1.75 bits per heavy atom. The first-order valence-corrected chi connectivity index (χ1v) is 8.72. The monoisotopic (exact) mass is 375 g/mol. The van der Waals surface area contributed by atoms with E-state index in [1.165, 1.54) is 12.1 Å². The largest absolute Gasteiger partial charge is 0.497 e. The third-order valence-electron chi connectivity index (χ3n) is 4.23. The highest BCUT2D eigenvalue weighted by Crippen LogP contribution is 2.24. The van der Waals surface area contributed by atoms with Gasteiger partial charge in [0.2, 0.25) is 5.95 Å². The zero-order valence-electron chi connectivity index (χ0n) is 15.2. The van der Waals surface area contributed by atoms with Gasteiger partial charge in [0.1, 0.15) is 17.4 Å². The van der Waals surface area contributed by atoms with Gasteiger partial charge in [-0.1, -0.05) is 12.1 Å². The molecule has 0 fully saturated rings.